The van der Waals surface area contributed by atoms with Gasteiger partial charge in [-0.3, -0.25) is 14.4 Å². The van der Waals surface area contributed by atoms with Crippen LogP contribution in [0.1, 0.15) is 96.8 Å². The van der Waals surface area contributed by atoms with Crippen LogP contribution in [-0.2, 0) is 14.4 Å². The van der Waals surface area contributed by atoms with Crippen molar-refractivity contribution in [3.8, 4) is 0 Å². The van der Waals surface area contributed by atoms with E-state index in [0.717, 1.165) is 77.0 Å². The van der Waals surface area contributed by atoms with Gasteiger partial charge in [0.05, 0.1) is 5.41 Å². The molecule has 0 aromatic carbocycles. The van der Waals surface area contributed by atoms with Crippen LogP contribution in [0.2, 0.25) is 0 Å². The predicted octanol–water partition coefficient (Wildman–Crippen LogP) is 4.69. The van der Waals surface area contributed by atoms with Gasteiger partial charge in [-0.15, -0.1) is 0 Å². The summed E-state index contributed by atoms with van der Waals surface area (Å²) in [6, 6.07) is 0. The van der Waals surface area contributed by atoms with Gasteiger partial charge in [-0.1, -0.05) is 25.7 Å². The molecule has 2 aliphatic rings. The highest BCUT2D eigenvalue weighted by atomic mass is 16.4. The van der Waals surface area contributed by atoms with Crippen LogP contribution in [-0.4, -0.2) is 22.6 Å². The fourth-order valence-electron chi connectivity index (χ4n) is 4.25. The average Bonchev–Trinajstić information content (AvgIpc) is 2.42. The van der Waals surface area contributed by atoms with E-state index in [2.05, 4.69) is 0 Å². The van der Waals surface area contributed by atoms with Crippen molar-refractivity contribution >= 4 is 17.5 Å². The first kappa shape index (κ1) is 19.1. The molecule has 0 aromatic rings. The summed E-state index contributed by atoms with van der Waals surface area (Å²) in [6.45, 7) is 1.70. The first-order valence-corrected chi connectivity index (χ1v) is 9.66. The summed E-state index contributed by atoms with van der Waals surface area (Å²) in [6.07, 6.45) is 12.2. The highest BCUT2D eigenvalue weighted by molar-refractivity contribution is 5.83. The van der Waals surface area contributed by atoms with Crippen LogP contribution in [0.5, 0.6) is 0 Å². The van der Waals surface area contributed by atoms with E-state index < -0.39 is 11.4 Å². The van der Waals surface area contributed by atoms with Gasteiger partial charge in [0.1, 0.15) is 11.6 Å². The zero-order chi connectivity index (χ0) is 17.6. The number of Topliss-reactive ketones (excluding diaryl/α,β-unsaturated/α-hetero) is 2. The lowest BCUT2D eigenvalue weighted by Crippen LogP contribution is -2.37. The molecule has 24 heavy (non-hydrogen) atoms. The lowest BCUT2D eigenvalue weighted by molar-refractivity contribution is -0.155. The second-order valence-corrected chi connectivity index (χ2v) is 8.08. The van der Waals surface area contributed by atoms with Gasteiger partial charge in [-0.2, -0.15) is 0 Å². The normalized spacial score (nSPS) is 20.7. The smallest absolute Gasteiger partial charge is 0.309 e. The molecule has 0 amide bonds. The van der Waals surface area contributed by atoms with E-state index in [1.165, 1.54) is 0 Å². The molecule has 0 radical (unpaired) electrons. The molecule has 2 saturated carbocycles. The molecule has 2 aliphatic carbocycles. The summed E-state index contributed by atoms with van der Waals surface area (Å²) in [5, 5.41) is 9.27. The molecule has 0 heterocycles. The minimum atomic E-state index is -0.657. The molecule has 0 aliphatic heterocycles. The molecule has 2 fully saturated rings. The fraction of sp³-hybridized carbons (Fsp3) is 0.850. The molecular weight excluding hydrogens is 304 g/mol. The van der Waals surface area contributed by atoms with Crippen LogP contribution in [0.25, 0.3) is 0 Å². The van der Waals surface area contributed by atoms with Gasteiger partial charge in [0, 0.05) is 18.3 Å². The van der Waals surface area contributed by atoms with Crippen LogP contribution in [0.3, 0.4) is 0 Å². The van der Waals surface area contributed by atoms with Crippen LogP contribution >= 0.6 is 0 Å². The number of ketones is 2. The molecule has 136 valence electrons. The van der Waals surface area contributed by atoms with Crippen LogP contribution in [0.15, 0.2) is 0 Å². The maximum absolute atomic E-state index is 11.9. The zero-order valence-electron chi connectivity index (χ0n) is 15.1. The molecule has 0 bridgehead atoms. The Labute approximate surface area is 145 Å². The number of hydrogen-bond donors (Lipinski definition) is 1. The zero-order valence-corrected chi connectivity index (χ0v) is 15.1. The first-order chi connectivity index (χ1) is 11.4. The minimum Gasteiger partial charge on any atom is -0.481 e. The Morgan fingerprint density at radius 3 is 1.58 bits per heavy atom. The van der Waals surface area contributed by atoms with Gasteiger partial charge in [0.2, 0.25) is 0 Å². The van der Waals surface area contributed by atoms with E-state index in [0.29, 0.717) is 24.4 Å². The average molecular weight is 336 g/mol. The summed E-state index contributed by atoms with van der Waals surface area (Å²) in [5.41, 5.74) is -0.538. The third-order valence-electron chi connectivity index (χ3n) is 6.54. The van der Waals surface area contributed by atoms with E-state index in [1.54, 1.807) is 6.92 Å². The third-order valence-corrected chi connectivity index (χ3v) is 6.54. The van der Waals surface area contributed by atoms with Crippen molar-refractivity contribution < 1.29 is 19.5 Å². The number of hydrogen-bond acceptors (Lipinski definition) is 3. The SMILES string of the molecule is CC(=O)C1(CCCCC(=O)CCCCC2(C(=O)O)CCC2)CCC1. The summed E-state index contributed by atoms with van der Waals surface area (Å²) in [4.78, 5) is 34.9. The van der Waals surface area contributed by atoms with Crippen molar-refractivity contribution in [1.29, 1.82) is 0 Å². The van der Waals surface area contributed by atoms with Gasteiger partial charge in [-0.25, -0.2) is 0 Å². The van der Waals surface area contributed by atoms with E-state index in [1.807, 2.05) is 0 Å². The Hall–Kier alpha value is -1.19. The molecule has 4 nitrogen and oxygen atoms in total. The van der Waals surface area contributed by atoms with Crippen LogP contribution < -0.4 is 0 Å². The summed E-state index contributed by atoms with van der Waals surface area (Å²) in [5.74, 6) is -0.0441. The monoisotopic (exact) mass is 336 g/mol. The summed E-state index contributed by atoms with van der Waals surface area (Å²) >= 11 is 0. The highest BCUT2D eigenvalue weighted by Gasteiger charge is 2.43. The number of unbranched alkanes of at least 4 members (excludes halogenated alkanes) is 2. The van der Waals surface area contributed by atoms with Crippen molar-refractivity contribution in [1.82, 2.24) is 0 Å². The second kappa shape index (κ2) is 8.26. The fourth-order valence-corrected chi connectivity index (χ4v) is 4.25. The van der Waals surface area contributed by atoms with Crippen molar-refractivity contribution in [2.75, 3.05) is 0 Å². The van der Waals surface area contributed by atoms with E-state index in [-0.39, 0.29) is 5.41 Å². The number of carboxylic acid groups (broad SMARTS) is 1. The minimum absolute atomic E-state index is 0.0586. The van der Waals surface area contributed by atoms with E-state index >= 15 is 0 Å². The van der Waals surface area contributed by atoms with Gasteiger partial charge < -0.3 is 5.11 Å². The van der Waals surface area contributed by atoms with Gasteiger partial charge in [0.15, 0.2) is 0 Å². The van der Waals surface area contributed by atoms with Crippen molar-refractivity contribution in [2.45, 2.75) is 96.8 Å². The first-order valence-electron chi connectivity index (χ1n) is 9.66. The van der Waals surface area contributed by atoms with Crippen LogP contribution in [0.4, 0.5) is 0 Å². The van der Waals surface area contributed by atoms with Gasteiger partial charge >= 0.3 is 5.97 Å². The maximum atomic E-state index is 11.9. The topological polar surface area (TPSA) is 71.4 Å². The van der Waals surface area contributed by atoms with Crippen molar-refractivity contribution in [3.05, 3.63) is 0 Å². The largest absolute Gasteiger partial charge is 0.481 e. The Kier molecular flexibility index (Phi) is 6.59. The Morgan fingerprint density at radius 2 is 1.25 bits per heavy atom. The quantitative estimate of drug-likeness (QED) is 0.525. The number of rotatable bonds is 12. The molecule has 0 atom stereocenters. The predicted molar refractivity (Wildman–Crippen MR) is 92.8 cm³/mol. The van der Waals surface area contributed by atoms with Gasteiger partial charge in [0.25, 0.3) is 0 Å². The van der Waals surface area contributed by atoms with Gasteiger partial charge in [-0.05, 0) is 58.3 Å². The van der Waals surface area contributed by atoms with E-state index in [9.17, 15) is 19.5 Å². The second-order valence-electron chi connectivity index (χ2n) is 8.08. The summed E-state index contributed by atoms with van der Waals surface area (Å²) in [7, 11) is 0. The molecule has 0 saturated heterocycles. The molecule has 0 spiro atoms. The third kappa shape index (κ3) is 4.46. The maximum Gasteiger partial charge on any atom is 0.309 e. The number of carbonyl (C=O) groups excluding carboxylic acids is 2. The molecular formula is C20H32O4. The molecule has 0 unspecified atom stereocenters. The van der Waals surface area contributed by atoms with Crippen LogP contribution in [0, 0.1) is 10.8 Å². The number of aliphatic carboxylic acids is 1. The Morgan fingerprint density at radius 1 is 0.792 bits per heavy atom. The lowest BCUT2D eigenvalue weighted by Gasteiger charge is -2.39. The standard InChI is InChI=1S/C20H32O4/c1-16(21)19(12-6-13-19)10-4-2-8-17(22)9-3-5-11-20(18(23)24)14-7-15-20/h2-15H2,1H3,(H,23,24). The van der Waals surface area contributed by atoms with E-state index in [4.69, 9.17) is 0 Å². The number of carbonyl (C=O) groups is 3. The lowest BCUT2D eigenvalue weighted by atomic mass is 9.63. The van der Waals surface area contributed by atoms with Crippen molar-refractivity contribution in [2.24, 2.45) is 10.8 Å². The Balaban J connectivity index is 1.52. The molecule has 4 heteroatoms. The Bertz CT molecular complexity index is 430. The highest BCUT2D eigenvalue weighted by Crippen LogP contribution is 2.46. The van der Waals surface area contributed by atoms with Crippen molar-refractivity contribution in [3.63, 3.8) is 0 Å². The summed E-state index contributed by atoms with van der Waals surface area (Å²) < 4.78 is 0. The number of carboxylic acids is 1. The molecule has 2 rings (SSSR count). The molecule has 0 aromatic heterocycles. The molecule has 1 N–H and O–H groups in total.